The first-order valence-corrected chi connectivity index (χ1v) is 9.61. The average Bonchev–Trinajstić information content (AvgIpc) is 3.28. The molecule has 1 N–H and O–H groups in total. The van der Waals surface area contributed by atoms with E-state index in [-0.39, 0.29) is 23.8 Å². The zero-order valence-corrected chi connectivity index (χ0v) is 17.1. The van der Waals surface area contributed by atoms with Gasteiger partial charge in [0.25, 0.3) is 11.5 Å². The first kappa shape index (κ1) is 20.2. The van der Waals surface area contributed by atoms with Crippen LogP contribution in [-0.4, -0.2) is 29.7 Å². The van der Waals surface area contributed by atoms with Crippen molar-refractivity contribution in [2.75, 3.05) is 14.2 Å². The molecule has 0 saturated heterocycles. The fraction of sp³-hybridized carbons (Fsp3) is 0.174. The number of amides is 1. The minimum Gasteiger partial charge on any atom is -0.493 e. The van der Waals surface area contributed by atoms with Gasteiger partial charge in [-0.3, -0.25) is 14.2 Å². The van der Waals surface area contributed by atoms with Crippen LogP contribution in [0.15, 0.2) is 70.1 Å². The zero-order valence-electron chi connectivity index (χ0n) is 17.1. The Morgan fingerprint density at radius 1 is 1.06 bits per heavy atom. The Morgan fingerprint density at radius 2 is 1.87 bits per heavy atom. The van der Waals surface area contributed by atoms with Gasteiger partial charge in [-0.1, -0.05) is 18.2 Å². The van der Waals surface area contributed by atoms with Crippen LogP contribution in [0.1, 0.15) is 21.9 Å². The van der Waals surface area contributed by atoms with Gasteiger partial charge in [-0.05, 0) is 42.0 Å². The minimum atomic E-state index is -0.356. The number of nitrogens with zero attached hydrogens (tertiary/aromatic N) is 2. The Bertz CT molecular complexity index is 1290. The molecule has 4 aromatic rings. The molecule has 0 radical (unpaired) electrons. The van der Waals surface area contributed by atoms with Crippen LogP contribution in [0.2, 0.25) is 0 Å². The standard InChI is InChI=1S/C23H21N3O5/c1-29-19-9-7-15(11-21(19)30-2)12-24-22(27)20-10-8-16(31-20)13-26-14-25-18-6-4-3-5-17(18)23(26)28/h3-11,14H,12-13H2,1-2H3,(H,24,27). The van der Waals surface area contributed by atoms with Crippen LogP contribution >= 0.6 is 0 Å². The number of carbonyl (C=O) groups is 1. The monoisotopic (exact) mass is 419 g/mol. The number of hydrogen-bond acceptors (Lipinski definition) is 6. The molecule has 0 fully saturated rings. The molecule has 0 unspecified atom stereocenters. The molecule has 1 amide bonds. The van der Waals surface area contributed by atoms with E-state index in [1.54, 1.807) is 56.7 Å². The SMILES string of the molecule is COc1ccc(CNC(=O)c2ccc(Cn3cnc4ccccc4c3=O)o2)cc1OC. The van der Waals surface area contributed by atoms with E-state index < -0.39 is 0 Å². The summed E-state index contributed by atoms with van der Waals surface area (Å²) in [5.41, 5.74) is 1.33. The summed E-state index contributed by atoms with van der Waals surface area (Å²) in [5, 5.41) is 3.34. The van der Waals surface area contributed by atoms with Crippen LogP contribution in [0.25, 0.3) is 10.9 Å². The highest BCUT2D eigenvalue weighted by Crippen LogP contribution is 2.27. The molecular weight excluding hydrogens is 398 g/mol. The number of fused-ring (bicyclic) bond motifs is 1. The number of methoxy groups -OCH3 is 2. The summed E-state index contributed by atoms with van der Waals surface area (Å²) < 4.78 is 17.6. The van der Waals surface area contributed by atoms with E-state index in [0.29, 0.717) is 34.7 Å². The molecule has 4 rings (SSSR count). The summed E-state index contributed by atoms with van der Waals surface area (Å²) in [7, 11) is 3.12. The minimum absolute atomic E-state index is 0.164. The Morgan fingerprint density at radius 3 is 2.68 bits per heavy atom. The van der Waals surface area contributed by atoms with Crippen molar-refractivity contribution in [1.82, 2.24) is 14.9 Å². The number of carbonyl (C=O) groups excluding carboxylic acids is 1. The maximum Gasteiger partial charge on any atom is 0.287 e. The van der Waals surface area contributed by atoms with Crippen molar-refractivity contribution in [1.29, 1.82) is 0 Å². The molecule has 2 aromatic heterocycles. The van der Waals surface area contributed by atoms with Crippen LogP contribution in [0, 0.1) is 0 Å². The molecule has 31 heavy (non-hydrogen) atoms. The summed E-state index contributed by atoms with van der Waals surface area (Å²) in [4.78, 5) is 29.4. The molecule has 2 aromatic carbocycles. The second-order valence-electron chi connectivity index (χ2n) is 6.83. The third kappa shape index (κ3) is 4.28. The van der Waals surface area contributed by atoms with Crippen LogP contribution in [0.3, 0.4) is 0 Å². The van der Waals surface area contributed by atoms with Gasteiger partial charge in [-0.15, -0.1) is 0 Å². The van der Waals surface area contributed by atoms with Crippen LogP contribution in [-0.2, 0) is 13.1 Å². The lowest BCUT2D eigenvalue weighted by molar-refractivity contribution is 0.0921. The van der Waals surface area contributed by atoms with Crippen LogP contribution < -0.4 is 20.3 Å². The van der Waals surface area contributed by atoms with E-state index >= 15 is 0 Å². The molecule has 8 nitrogen and oxygen atoms in total. The Hall–Kier alpha value is -4.07. The highest BCUT2D eigenvalue weighted by atomic mass is 16.5. The molecule has 2 heterocycles. The van der Waals surface area contributed by atoms with Crippen molar-refractivity contribution >= 4 is 16.8 Å². The van der Waals surface area contributed by atoms with Gasteiger partial charge in [0.05, 0.1) is 38.0 Å². The molecule has 8 heteroatoms. The molecule has 0 bridgehead atoms. The lowest BCUT2D eigenvalue weighted by Gasteiger charge is -2.10. The van der Waals surface area contributed by atoms with E-state index in [1.165, 1.54) is 10.9 Å². The van der Waals surface area contributed by atoms with E-state index in [0.717, 1.165) is 5.56 Å². The highest BCUT2D eigenvalue weighted by Gasteiger charge is 2.13. The predicted molar refractivity (Wildman–Crippen MR) is 115 cm³/mol. The summed E-state index contributed by atoms with van der Waals surface area (Å²) in [6, 6.07) is 15.8. The second kappa shape index (κ2) is 8.74. The molecule has 158 valence electrons. The number of furan rings is 1. The van der Waals surface area contributed by atoms with Gasteiger partial charge in [-0.25, -0.2) is 4.98 Å². The van der Waals surface area contributed by atoms with Gasteiger partial charge in [0.1, 0.15) is 5.76 Å². The smallest absolute Gasteiger partial charge is 0.287 e. The molecular formula is C23H21N3O5. The van der Waals surface area contributed by atoms with Gasteiger partial charge in [0, 0.05) is 6.54 Å². The van der Waals surface area contributed by atoms with Crippen LogP contribution in [0.5, 0.6) is 11.5 Å². The first-order chi connectivity index (χ1) is 15.1. The lowest BCUT2D eigenvalue weighted by atomic mass is 10.2. The van der Waals surface area contributed by atoms with Crippen molar-refractivity contribution in [3.8, 4) is 11.5 Å². The van der Waals surface area contributed by atoms with Gasteiger partial charge in [0.15, 0.2) is 17.3 Å². The molecule has 0 atom stereocenters. The van der Waals surface area contributed by atoms with Gasteiger partial charge < -0.3 is 19.2 Å². The summed E-state index contributed by atoms with van der Waals surface area (Å²) in [6.45, 7) is 0.475. The number of hydrogen-bond donors (Lipinski definition) is 1. The lowest BCUT2D eigenvalue weighted by Crippen LogP contribution is -2.22. The Labute approximate surface area is 178 Å². The van der Waals surface area contributed by atoms with Gasteiger partial charge in [0.2, 0.25) is 0 Å². The largest absolute Gasteiger partial charge is 0.493 e. The fourth-order valence-electron chi connectivity index (χ4n) is 3.23. The molecule has 0 aliphatic heterocycles. The van der Waals surface area contributed by atoms with Gasteiger partial charge >= 0.3 is 0 Å². The molecule has 0 aliphatic rings. The Kier molecular flexibility index (Phi) is 5.70. The number of aromatic nitrogens is 2. The van der Waals surface area contributed by atoms with E-state index in [1.807, 2.05) is 12.1 Å². The van der Waals surface area contributed by atoms with E-state index in [9.17, 15) is 9.59 Å². The normalized spacial score (nSPS) is 10.8. The fourth-order valence-corrected chi connectivity index (χ4v) is 3.23. The van der Waals surface area contributed by atoms with Gasteiger partial charge in [-0.2, -0.15) is 0 Å². The number of nitrogens with one attached hydrogen (secondary N) is 1. The van der Waals surface area contributed by atoms with Crippen molar-refractivity contribution in [2.45, 2.75) is 13.1 Å². The summed E-state index contributed by atoms with van der Waals surface area (Å²) in [6.07, 6.45) is 1.48. The number of rotatable bonds is 7. The predicted octanol–water partition coefficient (Wildman–Crippen LogP) is 2.99. The summed E-state index contributed by atoms with van der Waals surface area (Å²) in [5.74, 6) is 1.49. The maximum absolute atomic E-state index is 12.6. The number of ether oxygens (including phenoxy) is 2. The van der Waals surface area contributed by atoms with Crippen molar-refractivity contribution in [3.63, 3.8) is 0 Å². The highest BCUT2D eigenvalue weighted by molar-refractivity contribution is 5.91. The number of para-hydroxylation sites is 1. The molecule has 0 saturated carbocycles. The second-order valence-corrected chi connectivity index (χ2v) is 6.83. The maximum atomic E-state index is 12.6. The zero-order chi connectivity index (χ0) is 21.8. The van der Waals surface area contributed by atoms with Crippen molar-refractivity contribution in [3.05, 3.63) is 88.4 Å². The first-order valence-electron chi connectivity index (χ1n) is 9.61. The topological polar surface area (TPSA) is 95.6 Å². The van der Waals surface area contributed by atoms with Crippen molar-refractivity contribution < 1.29 is 18.7 Å². The average molecular weight is 419 g/mol. The van der Waals surface area contributed by atoms with Crippen molar-refractivity contribution in [2.24, 2.45) is 0 Å². The molecule has 0 aliphatic carbocycles. The van der Waals surface area contributed by atoms with E-state index in [4.69, 9.17) is 13.9 Å². The summed E-state index contributed by atoms with van der Waals surface area (Å²) >= 11 is 0. The van der Waals surface area contributed by atoms with Crippen LogP contribution in [0.4, 0.5) is 0 Å². The third-order valence-corrected chi connectivity index (χ3v) is 4.84. The molecule has 0 spiro atoms. The third-order valence-electron chi connectivity index (χ3n) is 4.84. The Balaban J connectivity index is 1.43. The van der Waals surface area contributed by atoms with E-state index in [2.05, 4.69) is 10.3 Å². The number of benzene rings is 2. The quantitative estimate of drug-likeness (QED) is 0.495.